The molecule has 0 radical (unpaired) electrons. The molecular weight excluding hydrogens is 294 g/mol. The Hall–Kier alpha value is -2.35. The fourth-order valence-corrected chi connectivity index (χ4v) is 2.91. The minimum Gasteiger partial charge on any atom is -0.334 e. The van der Waals surface area contributed by atoms with Gasteiger partial charge in [0.25, 0.3) is 5.91 Å². The van der Waals surface area contributed by atoms with Crippen molar-refractivity contribution in [3.8, 4) is 0 Å². The first-order valence-corrected chi connectivity index (χ1v) is 8.56. The summed E-state index contributed by atoms with van der Waals surface area (Å²) >= 11 is 0. The lowest BCUT2D eigenvalue weighted by atomic mass is 10.0. The Morgan fingerprint density at radius 3 is 2.04 bits per heavy atom. The Balaban J connectivity index is 2.33. The van der Waals surface area contributed by atoms with E-state index in [1.54, 1.807) is 0 Å². The molecule has 0 unspecified atom stereocenters. The highest BCUT2D eigenvalue weighted by Crippen LogP contribution is 2.18. The molecule has 0 fully saturated rings. The number of nitrogens with zero attached hydrogens (tertiary/aromatic N) is 1. The van der Waals surface area contributed by atoms with Crippen molar-refractivity contribution in [3.63, 3.8) is 0 Å². The molecule has 2 rings (SSSR count). The van der Waals surface area contributed by atoms with Crippen LogP contribution in [0.2, 0.25) is 0 Å². The summed E-state index contributed by atoms with van der Waals surface area (Å²) < 4.78 is 0. The zero-order valence-corrected chi connectivity index (χ0v) is 15.3. The van der Waals surface area contributed by atoms with Crippen LogP contribution in [0.25, 0.3) is 12.2 Å². The third-order valence-electron chi connectivity index (χ3n) is 4.07. The van der Waals surface area contributed by atoms with E-state index in [1.807, 2.05) is 35.2 Å². The topological polar surface area (TPSA) is 20.3 Å². The van der Waals surface area contributed by atoms with E-state index < -0.39 is 0 Å². The minimum absolute atomic E-state index is 0.0872. The molecule has 2 nitrogen and oxygen atoms in total. The van der Waals surface area contributed by atoms with Crippen molar-refractivity contribution in [1.29, 1.82) is 0 Å². The van der Waals surface area contributed by atoms with Gasteiger partial charge in [0.15, 0.2) is 0 Å². The Morgan fingerprint density at radius 2 is 1.46 bits per heavy atom. The Morgan fingerprint density at radius 1 is 0.875 bits per heavy atom. The Labute approximate surface area is 145 Å². The van der Waals surface area contributed by atoms with Gasteiger partial charge in [0.05, 0.1) is 0 Å². The van der Waals surface area contributed by atoms with Crippen LogP contribution in [-0.2, 0) is 0 Å². The number of amides is 1. The molecule has 126 valence electrons. The van der Waals surface area contributed by atoms with Crippen LogP contribution in [0.5, 0.6) is 0 Å². The summed E-state index contributed by atoms with van der Waals surface area (Å²) in [6, 6.07) is 16.5. The predicted molar refractivity (Wildman–Crippen MR) is 103 cm³/mol. The predicted octanol–water partition coefficient (Wildman–Crippen LogP) is 5.42. The van der Waals surface area contributed by atoms with Gasteiger partial charge in [-0.15, -0.1) is 0 Å². The first-order valence-electron chi connectivity index (χ1n) is 8.56. The zero-order chi connectivity index (χ0) is 17.7. The SMILES string of the molecule is Cc1ccc(/C=C\c2ccccc2C(=O)N(C(C)C)C(C)C)cc1. The molecule has 24 heavy (non-hydrogen) atoms. The second-order valence-corrected chi connectivity index (χ2v) is 6.73. The van der Waals surface area contributed by atoms with Crippen LogP contribution in [0.1, 0.15) is 54.7 Å². The van der Waals surface area contributed by atoms with Crippen LogP contribution in [0.15, 0.2) is 48.5 Å². The van der Waals surface area contributed by atoms with E-state index in [2.05, 4.69) is 65.0 Å². The molecule has 0 saturated carbocycles. The molecule has 0 spiro atoms. The maximum atomic E-state index is 13.0. The number of hydrogen-bond acceptors (Lipinski definition) is 1. The highest BCUT2D eigenvalue weighted by molar-refractivity contribution is 5.99. The molecule has 0 bridgehead atoms. The van der Waals surface area contributed by atoms with Crippen LogP contribution in [0.4, 0.5) is 0 Å². The van der Waals surface area contributed by atoms with Crippen molar-refractivity contribution in [1.82, 2.24) is 4.90 Å². The summed E-state index contributed by atoms with van der Waals surface area (Å²) in [5.41, 5.74) is 4.08. The van der Waals surface area contributed by atoms with Gasteiger partial charge in [0, 0.05) is 17.6 Å². The van der Waals surface area contributed by atoms with Crippen molar-refractivity contribution in [2.24, 2.45) is 0 Å². The second kappa shape index (κ2) is 7.96. The molecular formula is C22H27NO. The molecule has 2 heteroatoms. The minimum atomic E-state index is 0.0872. The lowest BCUT2D eigenvalue weighted by Crippen LogP contribution is -2.42. The van der Waals surface area contributed by atoms with E-state index in [1.165, 1.54) is 5.56 Å². The van der Waals surface area contributed by atoms with Crippen molar-refractivity contribution < 1.29 is 4.79 Å². The van der Waals surface area contributed by atoms with E-state index in [0.29, 0.717) is 0 Å². The highest BCUT2D eigenvalue weighted by Gasteiger charge is 2.22. The summed E-state index contributed by atoms with van der Waals surface area (Å²) in [5, 5.41) is 0. The van der Waals surface area contributed by atoms with Crippen LogP contribution in [0, 0.1) is 6.92 Å². The highest BCUT2D eigenvalue weighted by atomic mass is 16.2. The quantitative estimate of drug-likeness (QED) is 0.673. The van der Waals surface area contributed by atoms with Crippen molar-refractivity contribution in [3.05, 3.63) is 70.8 Å². The van der Waals surface area contributed by atoms with Crippen LogP contribution in [0.3, 0.4) is 0 Å². The maximum Gasteiger partial charge on any atom is 0.254 e. The summed E-state index contributed by atoms with van der Waals surface area (Å²) in [5.74, 6) is 0.0872. The number of carbonyl (C=O) groups is 1. The first-order chi connectivity index (χ1) is 11.4. The van der Waals surface area contributed by atoms with Gasteiger partial charge in [-0.25, -0.2) is 0 Å². The van der Waals surface area contributed by atoms with Crippen LogP contribution < -0.4 is 0 Å². The van der Waals surface area contributed by atoms with E-state index in [9.17, 15) is 4.79 Å². The average Bonchev–Trinajstić information content (AvgIpc) is 2.54. The Kier molecular flexibility index (Phi) is 5.97. The second-order valence-electron chi connectivity index (χ2n) is 6.73. The molecule has 0 saturated heterocycles. The summed E-state index contributed by atoms with van der Waals surface area (Å²) in [6.45, 7) is 10.3. The molecule has 0 aliphatic carbocycles. The standard InChI is InChI=1S/C22H27NO/c1-16(2)23(17(3)4)22(24)21-9-7-6-8-20(21)15-14-19-12-10-18(5)11-13-19/h6-17H,1-5H3/b15-14-. The van der Waals surface area contributed by atoms with Crippen molar-refractivity contribution in [2.45, 2.75) is 46.7 Å². The molecule has 0 heterocycles. The smallest absolute Gasteiger partial charge is 0.254 e. The third kappa shape index (κ3) is 4.35. The summed E-state index contributed by atoms with van der Waals surface area (Å²) in [6.07, 6.45) is 4.08. The molecule has 0 aromatic heterocycles. The number of rotatable bonds is 5. The van der Waals surface area contributed by atoms with E-state index in [-0.39, 0.29) is 18.0 Å². The fourth-order valence-electron chi connectivity index (χ4n) is 2.91. The van der Waals surface area contributed by atoms with Gasteiger partial charge < -0.3 is 4.90 Å². The monoisotopic (exact) mass is 321 g/mol. The third-order valence-corrected chi connectivity index (χ3v) is 4.07. The average molecular weight is 321 g/mol. The van der Waals surface area contributed by atoms with Crippen molar-refractivity contribution in [2.75, 3.05) is 0 Å². The van der Waals surface area contributed by atoms with Gasteiger partial charge in [0.2, 0.25) is 0 Å². The van der Waals surface area contributed by atoms with Crippen molar-refractivity contribution >= 4 is 18.1 Å². The molecule has 2 aromatic carbocycles. The van der Waals surface area contributed by atoms with Gasteiger partial charge in [0.1, 0.15) is 0 Å². The largest absolute Gasteiger partial charge is 0.334 e. The lowest BCUT2D eigenvalue weighted by molar-refractivity contribution is 0.0643. The van der Waals surface area contributed by atoms with E-state index >= 15 is 0 Å². The molecule has 0 atom stereocenters. The van der Waals surface area contributed by atoms with Gasteiger partial charge in [-0.1, -0.05) is 60.2 Å². The first kappa shape index (κ1) is 18.0. The van der Waals surface area contributed by atoms with Crippen LogP contribution in [-0.4, -0.2) is 22.9 Å². The molecule has 0 aliphatic rings. The Bertz CT molecular complexity index is 703. The normalized spacial score (nSPS) is 11.5. The van der Waals surface area contributed by atoms with Crippen LogP contribution >= 0.6 is 0 Å². The molecule has 1 amide bonds. The molecule has 0 N–H and O–H groups in total. The van der Waals surface area contributed by atoms with Gasteiger partial charge in [-0.2, -0.15) is 0 Å². The molecule has 0 aliphatic heterocycles. The van der Waals surface area contributed by atoms with Gasteiger partial charge in [-0.3, -0.25) is 4.79 Å². The van der Waals surface area contributed by atoms with E-state index in [4.69, 9.17) is 0 Å². The number of carbonyl (C=O) groups excluding carboxylic acids is 1. The molecule has 2 aromatic rings. The maximum absolute atomic E-state index is 13.0. The van der Waals surface area contributed by atoms with Gasteiger partial charge >= 0.3 is 0 Å². The summed E-state index contributed by atoms with van der Waals surface area (Å²) in [4.78, 5) is 14.9. The fraction of sp³-hybridized carbons (Fsp3) is 0.318. The zero-order valence-electron chi connectivity index (χ0n) is 15.3. The van der Waals surface area contributed by atoms with Gasteiger partial charge in [-0.05, 0) is 51.8 Å². The number of benzene rings is 2. The van der Waals surface area contributed by atoms with E-state index in [0.717, 1.165) is 16.7 Å². The number of aryl methyl sites for hydroxylation is 1. The number of hydrogen-bond donors (Lipinski definition) is 0. The lowest BCUT2D eigenvalue weighted by Gasteiger charge is -2.31. The summed E-state index contributed by atoms with van der Waals surface area (Å²) in [7, 11) is 0.